The van der Waals surface area contributed by atoms with E-state index in [-0.39, 0.29) is 18.9 Å². The molecule has 152 valence electrons. The number of rotatable bonds is 8. The maximum atomic E-state index is 12.3. The average molecular weight is 425 g/mol. The van der Waals surface area contributed by atoms with E-state index in [2.05, 4.69) is 15.2 Å². The predicted molar refractivity (Wildman–Crippen MR) is 109 cm³/mol. The first-order valence-corrected chi connectivity index (χ1v) is 11.4. The van der Waals surface area contributed by atoms with Crippen LogP contribution in [-0.2, 0) is 19.6 Å². The third kappa shape index (κ3) is 5.28. The molecular formula is C18H24N4O4S2. The summed E-state index contributed by atoms with van der Waals surface area (Å²) in [6.45, 7) is 3.27. The molecule has 1 fully saturated rings. The summed E-state index contributed by atoms with van der Waals surface area (Å²) in [5.74, 6) is 0.699. The fraction of sp³-hybridized carbons (Fsp3) is 0.444. The number of anilines is 2. The number of thiophene rings is 1. The molecule has 10 heteroatoms. The van der Waals surface area contributed by atoms with Crippen molar-refractivity contribution in [2.45, 2.75) is 17.1 Å². The number of nitrogens with zero attached hydrogens (tertiary/aromatic N) is 3. The van der Waals surface area contributed by atoms with Gasteiger partial charge in [0.05, 0.1) is 25.1 Å². The number of ether oxygens (including phenoxy) is 1. The van der Waals surface area contributed by atoms with Crippen molar-refractivity contribution in [3.05, 3.63) is 35.8 Å². The van der Waals surface area contributed by atoms with Gasteiger partial charge in [0.25, 0.3) is 10.0 Å². The minimum atomic E-state index is -3.47. The number of hydrogen-bond acceptors (Lipinski definition) is 7. The van der Waals surface area contributed by atoms with Gasteiger partial charge in [-0.15, -0.1) is 11.3 Å². The first-order chi connectivity index (χ1) is 13.5. The topological polar surface area (TPSA) is 91.8 Å². The fourth-order valence-corrected chi connectivity index (χ4v) is 5.22. The van der Waals surface area contributed by atoms with Crippen molar-refractivity contribution < 1.29 is 17.9 Å². The Morgan fingerprint density at radius 2 is 2.11 bits per heavy atom. The smallest absolute Gasteiger partial charge is 0.252 e. The van der Waals surface area contributed by atoms with Gasteiger partial charge in [-0.25, -0.2) is 17.7 Å². The second kappa shape index (κ2) is 9.46. The molecule has 1 N–H and O–H groups in total. The largest absolute Gasteiger partial charge is 0.378 e. The standard InChI is InChI=1S/C18H24N4O4S2/c1-21(28(24,25)18-5-3-13-27-18)8-2-4-17(23)20-15-6-7-16(19-14-15)22-9-11-26-12-10-22/h3,5-7,13-14H,2,4,8-12H2,1H3,(H,20,23). The van der Waals surface area contributed by atoms with Gasteiger partial charge in [0.1, 0.15) is 10.0 Å². The molecule has 0 aliphatic carbocycles. The molecule has 8 nitrogen and oxygen atoms in total. The lowest BCUT2D eigenvalue weighted by Crippen LogP contribution is -2.36. The molecule has 1 saturated heterocycles. The maximum absolute atomic E-state index is 12.3. The molecule has 0 saturated carbocycles. The molecule has 0 radical (unpaired) electrons. The van der Waals surface area contributed by atoms with E-state index < -0.39 is 10.0 Å². The molecule has 1 amide bonds. The minimum absolute atomic E-state index is 0.164. The van der Waals surface area contributed by atoms with Crippen LogP contribution < -0.4 is 10.2 Å². The third-order valence-corrected chi connectivity index (χ3v) is 7.63. The van der Waals surface area contributed by atoms with Gasteiger partial charge in [0.15, 0.2) is 0 Å². The van der Waals surface area contributed by atoms with E-state index in [4.69, 9.17) is 4.74 Å². The van der Waals surface area contributed by atoms with Crippen LogP contribution in [0.4, 0.5) is 11.5 Å². The van der Waals surface area contributed by atoms with Gasteiger partial charge in [-0.3, -0.25) is 4.79 Å². The summed E-state index contributed by atoms with van der Waals surface area (Å²) in [6, 6.07) is 6.99. The molecule has 0 aromatic carbocycles. The van der Waals surface area contributed by atoms with Crippen molar-refractivity contribution in [1.29, 1.82) is 0 Å². The zero-order valence-electron chi connectivity index (χ0n) is 15.7. The molecular weight excluding hydrogens is 400 g/mol. The second-order valence-corrected chi connectivity index (χ2v) is 9.63. The van der Waals surface area contributed by atoms with Crippen LogP contribution in [0.2, 0.25) is 0 Å². The summed E-state index contributed by atoms with van der Waals surface area (Å²) in [5.41, 5.74) is 0.626. The molecule has 2 aromatic heterocycles. The molecule has 0 atom stereocenters. The van der Waals surface area contributed by atoms with Crippen molar-refractivity contribution >= 4 is 38.8 Å². The number of sulfonamides is 1. The quantitative estimate of drug-likeness (QED) is 0.697. The highest BCUT2D eigenvalue weighted by Gasteiger charge is 2.21. The van der Waals surface area contributed by atoms with Gasteiger partial charge in [0.2, 0.25) is 5.91 Å². The normalized spacial score (nSPS) is 15.0. The van der Waals surface area contributed by atoms with Gasteiger partial charge >= 0.3 is 0 Å². The SMILES string of the molecule is CN(CCCC(=O)Nc1ccc(N2CCOCC2)nc1)S(=O)(=O)c1cccs1. The Labute approximate surface area is 169 Å². The Balaban J connectivity index is 1.44. The Morgan fingerprint density at radius 3 is 2.75 bits per heavy atom. The molecule has 0 bridgehead atoms. The van der Waals surface area contributed by atoms with Crippen LogP contribution in [0, 0.1) is 0 Å². The summed E-state index contributed by atoms with van der Waals surface area (Å²) < 4.78 is 31.6. The fourth-order valence-electron chi connectivity index (χ4n) is 2.81. The minimum Gasteiger partial charge on any atom is -0.378 e. The lowest BCUT2D eigenvalue weighted by atomic mass is 10.3. The highest BCUT2D eigenvalue weighted by atomic mass is 32.2. The number of pyridine rings is 1. The Morgan fingerprint density at radius 1 is 1.32 bits per heavy atom. The zero-order valence-corrected chi connectivity index (χ0v) is 17.3. The Bertz CT molecular complexity index is 864. The first-order valence-electron chi connectivity index (χ1n) is 9.05. The van der Waals surface area contributed by atoms with Crippen molar-refractivity contribution in [2.75, 3.05) is 50.1 Å². The summed E-state index contributed by atoms with van der Waals surface area (Å²) in [4.78, 5) is 18.7. The molecule has 2 aromatic rings. The lowest BCUT2D eigenvalue weighted by molar-refractivity contribution is -0.116. The van der Waals surface area contributed by atoms with Crippen molar-refractivity contribution in [1.82, 2.24) is 9.29 Å². The number of carbonyl (C=O) groups excluding carboxylic acids is 1. The molecule has 28 heavy (non-hydrogen) atoms. The molecule has 0 unspecified atom stereocenters. The van der Waals surface area contributed by atoms with Crippen molar-refractivity contribution in [3.8, 4) is 0 Å². The van der Waals surface area contributed by atoms with E-state index in [1.807, 2.05) is 12.1 Å². The summed E-state index contributed by atoms with van der Waals surface area (Å²) in [6.07, 6.45) is 2.30. The first kappa shape index (κ1) is 20.7. The van der Waals surface area contributed by atoms with Gasteiger partial charge in [-0.1, -0.05) is 6.07 Å². The summed E-state index contributed by atoms with van der Waals surface area (Å²) in [5, 5.41) is 4.53. The van der Waals surface area contributed by atoms with Gasteiger partial charge < -0.3 is 15.0 Å². The Hall–Kier alpha value is -2.01. The third-order valence-electron chi connectivity index (χ3n) is 4.40. The number of carbonyl (C=O) groups is 1. The molecule has 1 aliphatic rings. The van der Waals surface area contributed by atoms with Crippen LogP contribution in [-0.4, -0.2) is 63.5 Å². The molecule has 0 spiro atoms. The highest BCUT2D eigenvalue weighted by molar-refractivity contribution is 7.91. The number of amides is 1. The molecule has 1 aliphatic heterocycles. The van der Waals surface area contributed by atoms with Crippen LogP contribution in [0.25, 0.3) is 0 Å². The molecule has 3 rings (SSSR count). The van der Waals surface area contributed by atoms with E-state index in [9.17, 15) is 13.2 Å². The number of nitrogens with one attached hydrogen (secondary N) is 1. The monoisotopic (exact) mass is 424 g/mol. The van der Waals surface area contributed by atoms with E-state index in [0.29, 0.717) is 29.5 Å². The van der Waals surface area contributed by atoms with Gasteiger partial charge in [0, 0.05) is 33.1 Å². The van der Waals surface area contributed by atoms with Crippen LogP contribution in [0.15, 0.2) is 40.1 Å². The van der Waals surface area contributed by atoms with E-state index in [1.165, 1.54) is 22.7 Å². The average Bonchev–Trinajstić information content (AvgIpc) is 3.25. The van der Waals surface area contributed by atoms with E-state index in [0.717, 1.165) is 18.9 Å². The second-order valence-electron chi connectivity index (χ2n) is 6.41. The van der Waals surface area contributed by atoms with E-state index in [1.54, 1.807) is 23.7 Å². The van der Waals surface area contributed by atoms with Crippen LogP contribution in [0.3, 0.4) is 0 Å². The zero-order chi connectivity index (χ0) is 20.0. The number of aromatic nitrogens is 1. The Kier molecular flexibility index (Phi) is 7.00. The maximum Gasteiger partial charge on any atom is 0.252 e. The highest BCUT2D eigenvalue weighted by Crippen LogP contribution is 2.20. The van der Waals surface area contributed by atoms with Crippen molar-refractivity contribution in [2.24, 2.45) is 0 Å². The van der Waals surface area contributed by atoms with E-state index >= 15 is 0 Å². The molecule has 3 heterocycles. The van der Waals surface area contributed by atoms with Gasteiger partial charge in [-0.2, -0.15) is 0 Å². The summed E-state index contributed by atoms with van der Waals surface area (Å²) >= 11 is 1.18. The number of hydrogen-bond donors (Lipinski definition) is 1. The van der Waals surface area contributed by atoms with Gasteiger partial charge in [-0.05, 0) is 30.0 Å². The van der Waals surface area contributed by atoms with Crippen LogP contribution in [0.1, 0.15) is 12.8 Å². The van der Waals surface area contributed by atoms with Crippen LogP contribution in [0.5, 0.6) is 0 Å². The number of morpholine rings is 1. The van der Waals surface area contributed by atoms with Crippen molar-refractivity contribution in [3.63, 3.8) is 0 Å². The predicted octanol–water partition coefficient (Wildman–Crippen LogP) is 2.02. The van der Waals surface area contributed by atoms with Crippen LogP contribution >= 0.6 is 11.3 Å². The lowest BCUT2D eigenvalue weighted by Gasteiger charge is -2.27. The summed E-state index contributed by atoms with van der Waals surface area (Å²) in [7, 11) is -1.94.